The van der Waals surface area contributed by atoms with E-state index in [4.69, 9.17) is 0 Å². The summed E-state index contributed by atoms with van der Waals surface area (Å²) in [6.07, 6.45) is 4.13. The van der Waals surface area contributed by atoms with E-state index in [2.05, 4.69) is 32.2 Å². The molecule has 1 aromatic rings. The van der Waals surface area contributed by atoms with Crippen molar-refractivity contribution in [1.82, 2.24) is 4.98 Å². The van der Waals surface area contributed by atoms with Gasteiger partial charge in [-0.1, -0.05) is 20.8 Å². The van der Waals surface area contributed by atoms with Crippen molar-refractivity contribution >= 4 is 11.3 Å². The SMILES string of the molecule is CC(C)(C)[CH]c1cncs1. The minimum absolute atomic E-state index is 0.270. The summed E-state index contributed by atoms with van der Waals surface area (Å²) in [5.74, 6) is 0. The number of hydrogen-bond acceptors (Lipinski definition) is 2. The first kappa shape index (κ1) is 7.73. The van der Waals surface area contributed by atoms with Gasteiger partial charge in [-0.2, -0.15) is 0 Å². The van der Waals surface area contributed by atoms with Gasteiger partial charge in [-0.05, 0) is 5.41 Å². The van der Waals surface area contributed by atoms with Crippen molar-refractivity contribution in [2.75, 3.05) is 0 Å². The van der Waals surface area contributed by atoms with Crippen LogP contribution in [0.15, 0.2) is 11.7 Å². The molecule has 0 bridgehead atoms. The molecule has 0 amide bonds. The maximum Gasteiger partial charge on any atom is 0.0794 e. The fourth-order valence-corrected chi connectivity index (χ4v) is 1.51. The average molecular weight is 154 g/mol. The Morgan fingerprint density at radius 3 is 2.60 bits per heavy atom. The van der Waals surface area contributed by atoms with Crippen molar-refractivity contribution in [2.24, 2.45) is 5.41 Å². The molecule has 1 radical (unpaired) electrons. The lowest BCUT2D eigenvalue weighted by molar-refractivity contribution is 0.508. The van der Waals surface area contributed by atoms with Crippen LogP contribution in [0.3, 0.4) is 0 Å². The quantitative estimate of drug-likeness (QED) is 0.606. The Morgan fingerprint density at radius 1 is 1.50 bits per heavy atom. The van der Waals surface area contributed by atoms with Crippen molar-refractivity contribution in [1.29, 1.82) is 0 Å². The van der Waals surface area contributed by atoms with Gasteiger partial charge in [-0.3, -0.25) is 4.98 Å². The Hall–Kier alpha value is -0.370. The van der Waals surface area contributed by atoms with E-state index in [0.717, 1.165) is 0 Å². The summed E-state index contributed by atoms with van der Waals surface area (Å²) in [5.41, 5.74) is 2.13. The standard InChI is InChI=1S/C8H12NS/c1-8(2,3)4-7-5-9-6-10-7/h4-6H,1-3H3. The molecule has 10 heavy (non-hydrogen) atoms. The van der Waals surface area contributed by atoms with Gasteiger partial charge in [0.05, 0.1) is 5.51 Å². The second kappa shape index (κ2) is 2.70. The molecule has 1 heterocycles. The van der Waals surface area contributed by atoms with E-state index in [1.165, 1.54) is 4.88 Å². The molecule has 0 aliphatic rings. The van der Waals surface area contributed by atoms with Gasteiger partial charge in [0.2, 0.25) is 0 Å². The summed E-state index contributed by atoms with van der Waals surface area (Å²) in [4.78, 5) is 5.25. The molecular formula is C8H12NS. The molecule has 1 aromatic heterocycles. The highest BCUT2D eigenvalue weighted by Crippen LogP contribution is 2.24. The molecule has 0 atom stereocenters. The maximum atomic E-state index is 3.99. The van der Waals surface area contributed by atoms with Crippen LogP contribution >= 0.6 is 11.3 Å². The van der Waals surface area contributed by atoms with Gasteiger partial charge in [0.25, 0.3) is 0 Å². The lowest BCUT2D eigenvalue weighted by Gasteiger charge is -2.15. The summed E-state index contributed by atoms with van der Waals surface area (Å²) in [5, 5.41) is 0. The second-order valence-corrected chi connectivity index (χ2v) is 4.33. The van der Waals surface area contributed by atoms with Crippen molar-refractivity contribution in [3.05, 3.63) is 23.0 Å². The Balaban J connectivity index is 2.57. The van der Waals surface area contributed by atoms with E-state index in [9.17, 15) is 0 Å². The van der Waals surface area contributed by atoms with Crippen LogP contribution in [0.25, 0.3) is 0 Å². The predicted molar refractivity (Wildman–Crippen MR) is 45.0 cm³/mol. The first-order valence-electron chi connectivity index (χ1n) is 3.32. The number of rotatable bonds is 1. The molecule has 2 heteroatoms. The molecule has 0 saturated carbocycles. The molecule has 0 fully saturated rings. The molecule has 0 aliphatic heterocycles. The van der Waals surface area contributed by atoms with E-state index >= 15 is 0 Å². The van der Waals surface area contributed by atoms with Gasteiger partial charge in [0.15, 0.2) is 0 Å². The second-order valence-electron chi connectivity index (χ2n) is 3.41. The molecule has 0 aliphatic carbocycles. The van der Waals surface area contributed by atoms with Crippen LogP contribution in [0.2, 0.25) is 0 Å². The Bertz CT molecular complexity index is 184. The third-order valence-corrected chi connectivity index (χ3v) is 1.75. The van der Waals surface area contributed by atoms with Crippen molar-refractivity contribution < 1.29 is 0 Å². The number of nitrogens with zero attached hydrogens (tertiary/aromatic N) is 1. The van der Waals surface area contributed by atoms with Gasteiger partial charge in [-0.15, -0.1) is 11.3 Å². The number of hydrogen-bond donors (Lipinski definition) is 0. The molecule has 55 valence electrons. The van der Waals surface area contributed by atoms with Crippen LogP contribution in [0.4, 0.5) is 0 Å². The van der Waals surface area contributed by atoms with Crippen LogP contribution in [0.1, 0.15) is 25.6 Å². The van der Waals surface area contributed by atoms with E-state index in [-0.39, 0.29) is 5.41 Å². The van der Waals surface area contributed by atoms with Gasteiger partial charge < -0.3 is 0 Å². The Labute approximate surface area is 66.1 Å². The van der Waals surface area contributed by atoms with E-state index in [1.54, 1.807) is 11.3 Å². The zero-order chi connectivity index (χ0) is 7.61. The minimum Gasteiger partial charge on any atom is -0.253 e. The van der Waals surface area contributed by atoms with Gasteiger partial charge in [0.1, 0.15) is 0 Å². The molecule has 0 unspecified atom stereocenters. The molecule has 1 nitrogen and oxygen atoms in total. The normalized spacial score (nSPS) is 11.9. The lowest BCUT2D eigenvalue weighted by atomic mass is 9.92. The minimum atomic E-state index is 0.270. The summed E-state index contributed by atoms with van der Waals surface area (Å²) in [6, 6.07) is 0. The summed E-state index contributed by atoms with van der Waals surface area (Å²) in [6.45, 7) is 6.56. The van der Waals surface area contributed by atoms with Crippen LogP contribution < -0.4 is 0 Å². The first-order valence-corrected chi connectivity index (χ1v) is 4.20. The highest BCUT2D eigenvalue weighted by atomic mass is 32.1. The topological polar surface area (TPSA) is 12.9 Å². The predicted octanol–water partition coefficient (Wildman–Crippen LogP) is 2.74. The lowest BCUT2D eigenvalue weighted by Crippen LogP contribution is -2.04. The van der Waals surface area contributed by atoms with E-state index < -0.39 is 0 Å². The molecular weight excluding hydrogens is 142 g/mol. The van der Waals surface area contributed by atoms with Crippen molar-refractivity contribution in [3.8, 4) is 0 Å². The Kier molecular flexibility index (Phi) is 2.09. The molecule has 0 aromatic carbocycles. The van der Waals surface area contributed by atoms with Gasteiger partial charge in [-0.25, -0.2) is 0 Å². The van der Waals surface area contributed by atoms with Crippen LogP contribution in [0.5, 0.6) is 0 Å². The fraction of sp³-hybridized carbons (Fsp3) is 0.500. The molecule has 1 rings (SSSR count). The third-order valence-electron chi connectivity index (χ3n) is 1.03. The highest BCUT2D eigenvalue weighted by Gasteiger charge is 2.11. The van der Waals surface area contributed by atoms with E-state index in [1.807, 2.05) is 11.7 Å². The van der Waals surface area contributed by atoms with Crippen molar-refractivity contribution in [2.45, 2.75) is 20.8 Å². The largest absolute Gasteiger partial charge is 0.253 e. The zero-order valence-corrected chi connectivity index (χ0v) is 7.40. The monoisotopic (exact) mass is 154 g/mol. The average Bonchev–Trinajstić information content (AvgIpc) is 2.12. The van der Waals surface area contributed by atoms with Crippen LogP contribution in [-0.4, -0.2) is 4.98 Å². The number of aromatic nitrogens is 1. The van der Waals surface area contributed by atoms with E-state index in [0.29, 0.717) is 0 Å². The number of thiazole rings is 1. The van der Waals surface area contributed by atoms with Gasteiger partial charge >= 0.3 is 0 Å². The summed E-state index contributed by atoms with van der Waals surface area (Å²) >= 11 is 1.68. The summed E-state index contributed by atoms with van der Waals surface area (Å²) < 4.78 is 0. The Morgan fingerprint density at radius 2 is 2.20 bits per heavy atom. The zero-order valence-electron chi connectivity index (χ0n) is 6.59. The maximum absolute atomic E-state index is 3.99. The van der Waals surface area contributed by atoms with Gasteiger partial charge in [0, 0.05) is 17.5 Å². The first-order chi connectivity index (χ1) is 4.58. The smallest absolute Gasteiger partial charge is 0.0794 e. The molecule has 0 N–H and O–H groups in total. The molecule has 0 spiro atoms. The van der Waals surface area contributed by atoms with Crippen LogP contribution in [-0.2, 0) is 0 Å². The van der Waals surface area contributed by atoms with Crippen molar-refractivity contribution in [3.63, 3.8) is 0 Å². The third kappa shape index (κ3) is 2.48. The fourth-order valence-electron chi connectivity index (χ4n) is 0.724. The summed E-state index contributed by atoms with van der Waals surface area (Å²) in [7, 11) is 0. The molecule has 0 saturated heterocycles. The van der Waals surface area contributed by atoms with Crippen LogP contribution in [0, 0.1) is 11.8 Å². The highest BCUT2D eigenvalue weighted by molar-refractivity contribution is 7.09.